The summed E-state index contributed by atoms with van der Waals surface area (Å²) in [6.45, 7) is 3.95. The Hall–Kier alpha value is -2.07. The summed E-state index contributed by atoms with van der Waals surface area (Å²) in [5, 5.41) is 13.0. The number of hydrogen-bond donors (Lipinski definition) is 2. The van der Waals surface area contributed by atoms with Gasteiger partial charge in [0.25, 0.3) is 0 Å². The molecule has 2 N–H and O–H groups in total. The zero-order chi connectivity index (χ0) is 13.5. The first-order valence-electron chi connectivity index (χ1n) is 6.34. The normalized spacial score (nSPS) is 10.4. The number of nitrogens with zero attached hydrogens (tertiary/aromatic N) is 1. The van der Waals surface area contributed by atoms with E-state index in [0.717, 1.165) is 18.7 Å². The number of ether oxygens (including phenoxy) is 1. The molecule has 1 aromatic heterocycles. The van der Waals surface area contributed by atoms with Gasteiger partial charge in [-0.05, 0) is 42.3 Å². The van der Waals surface area contributed by atoms with E-state index >= 15 is 0 Å². The minimum Gasteiger partial charge on any atom is -0.504 e. The van der Waals surface area contributed by atoms with Crippen LogP contribution in [0.3, 0.4) is 0 Å². The topological polar surface area (TPSA) is 54.4 Å². The van der Waals surface area contributed by atoms with Gasteiger partial charge < -0.3 is 15.2 Å². The molecule has 4 heteroatoms. The van der Waals surface area contributed by atoms with Crippen molar-refractivity contribution >= 4 is 0 Å². The Kier molecular flexibility index (Phi) is 4.75. The lowest BCUT2D eigenvalue weighted by molar-refractivity contribution is 0.317. The molecule has 19 heavy (non-hydrogen) atoms. The molecular formula is C15H18N2O2. The lowest BCUT2D eigenvalue weighted by Gasteiger charge is -2.09. The van der Waals surface area contributed by atoms with Crippen LogP contribution in [-0.4, -0.2) is 16.7 Å². The van der Waals surface area contributed by atoms with Crippen molar-refractivity contribution in [3.8, 4) is 11.5 Å². The average Bonchev–Trinajstić information content (AvgIpc) is 2.44. The Morgan fingerprint density at radius 1 is 1.11 bits per heavy atom. The molecular weight excluding hydrogens is 240 g/mol. The van der Waals surface area contributed by atoms with Crippen LogP contribution in [0.25, 0.3) is 0 Å². The van der Waals surface area contributed by atoms with Gasteiger partial charge in [0.05, 0.1) is 6.61 Å². The summed E-state index contributed by atoms with van der Waals surface area (Å²) < 4.78 is 5.36. The van der Waals surface area contributed by atoms with Crippen LogP contribution in [0.4, 0.5) is 0 Å². The molecule has 0 radical (unpaired) electrons. The Morgan fingerprint density at radius 2 is 1.84 bits per heavy atom. The first-order chi connectivity index (χ1) is 9.29. The van der Waals surface area contributed by atoms with Gasteiger partial charge in [0.1, 0.15) is 0 Å². The summed E-state index contributed by atoms with van der Waals surface area (Å²) in [5.41, 5.74) is 2.27. The minimum atomic E-state index is 0.180. The third-order valence-corrected chi connectivity index (χ3v) is 2.73. The van der Waals surface area contributed by atoms with E-state index in [9.17, 15) is 5.11 Å². The number of phenolic OH excluding ortho intramolecular Hbond substituents is 1. The fraction of sp³-hybridized carbons (Fsp3) is 0.267. The van der Waals surface area contributed by atoms with E-state index < -0.39 is 0 Å². The van der Waals surface area contributed by atoms with Crippen molar-refractivity contribution in [2.75, 3.05) is 6.61 Å². The number of hydrogen-bond acceptors (Lipinski definition) is 4. The summed E-state index contributed by atoms with van der Waals surface area (Å²) >= 11 is 0. The van der Waals surface area contributed by atoms with Gasteiger partial charge >= 0.3 is 0 Å². The molecule has 0 aliphatic carbocycles. The third kappa shape index (κ3) is 3.96. The highest BCUT2D eigenvalue weighted by molar-refractivity contribution is 5.41. The number of aromatic nitrogens is 1. The fourth-order valence-corrected chi connectivity index (χ4v) is 1.79. The molecule has 0 bridgehead atoms. The van der Waals surface area contributed by atoms with Gasteiger partial charge in [0, 0.05) is 25.5 Å². The smallest absolute Gasteiger partial charge is 0.161 e. The van der Waals surface area contributed by atoms with Crippen molar-refractivity contribution in [1.82, 2.24) is 10.3 Å². The summed E-state index contributed by atoms with van der Waals surface area (Å²) in [6.07, 6.45) is 3.57. The molecule has 0 aliphatic heterocycles. The van der Waals surface area contributed by atoms with Crippen LogP contribution < -0.4 is 10.1 Å². The molecule has 0 aliphatic rings. The molecule has 0 atom stereocenters. The SMILES string of the molecule is CCOc1cc(CNCc2ccncc2)ccc1O. The van der Waals surface area contributed by atoms with Crippen LogP contribution in [0, 0.1) is 0 Å². The summed E-state index contributed by atoms with van der Waals surface area (Å²) in [6, 6.07) is 9.37. The van der Waals surface area contributed by atoms with Gasteiger partial charge in [-0.1, -0.05) is 6.07 Å². The van der Waals surface area contributed by atoms with Crippen LogP contribution in [0.1, 0.15) is 18.1 Å². The van der Waals surface area contributed by atoms with Crippen LogP contribution in [0.2, 0.25) is 0 Å². The maximum absolute atomic E-state index is 9.62. The van der Waals surface area contributed by atoms with E-state index in [2.05, 4.69) is 10.3 Å². The number of phenols is 1. The van der Waals surface area contributed by atoms with Crippen molar-refractivity contribution in [3.63, 3.8) is 0 Å². The number of nitrogens with one attached hydrogen (secondary N) is 1. The molecule has 1 heterocycles. The molecule has 4 nitrogen and oxygen atoms in total. The highest BCUT2D eigenvalue weighted by atomic mass is 16.5. The van der Waals surface area contributed by atoms with Gasteiger partial charge in [0.15, 0.2) is 11.5 Å². The van der Waals surface area contributed by atoms with Crippen molar-refractivity contribution in [2.45, 2.75) is 20.0 Å². The Balaban J connectivity index is 1.91. The Morgan fingerprint density at radius 3 is 2.58 bits per heavy atom. The lowest BCUT2D eigenvalue weighted by atomic mass is 10.2. The molecule has 1 aromatic carbocycles. The molecule has 2 aromatic rings. The number of benzene rings is 1. The molecule has 100 valence electrons. The van der Waals surface area contributed by atoms with E-state index in [-0.39, 0.29) is 5.75 Å². The number of pyridine rings is 1. The zero-order valence-corrected chi connectivity index (χ0v) is 11.0. The fourth-order valence-electron chi connectivity index (χ4n) is 1.79. The first kappa shape index (κ1) is 13.4. The van der Waals surface area contributed by atoms with Crippen molar-refractivity contribution in [1.29, 1.82) is 0 Å². The summed E-state index contributed by atoms with van der Waals surface area (Å²) in [4.78, 5) is 3.98. The molecule has 0 fully saturated rings. The van der Waals surface area contributed by atoms with Crippen molar-refractivity contribution in [2.24, 2.45) is 0 Å². The van der Waals surface area contributed by atoms with E-state index in [0.29, 0.717) is 12.4 Å². The molecule has 2 rings (SSSR count). The van der Waals surface area contributed by atoms with Gasteiger partial charge in [-0.15, -0.1) is 0 Å². The molecule has 0 saturated heterocycles. The first-order valence-corrected chi connectivity index (χ1v) is 6.34. The highest BCUT2D eigenvalue weighted by Gasteiger charge is 2.03. The van der Waals surface area contributed by atoms with Crippen LogP contribution in [0.15, 0.2) is 42.7 Å². The van der Waals surface area contributed by atoms with E-state index in [1.165, 1.54) is 5.56 Å². The van der Waals surface area contributed by atoms with Gasteiger partial charge in [-0.2, -0.15) is 0 Å². The molecule has 0 spiro atoms. The van der Waals surface area contributed by atoms with E-state index in [1.807, 2.05) is 31.2 Å². The van der Waals surface area contributed by atoms with Crippen LogP contribution >= 0.6 is 0 Å². The third-order valence-electron chi connectivity index (χ3n) is 2.73. The largest absolute Gasteiger partial charge is 0.504 e. The summed E-state index contributed by atoms with van der Waals surface area (Å²) in [5.74, 6) is 0.713. The molecule has 0 saturated carbocycles. The maximum Gasteiger partial charge on any atom is 0.161 e. The minimum absolute atomic E-state index is 0.180. The average molecular weight is 258 g/mol. The van der Waals surface area contributed by atoms with E-state index in [4.69, 9.17) is 4.74 Å². The molecule has 0 unspecified atom stereocenters. The van der Waals surface area contributed by atoms with Crippen molar-refractivity contribution < 1.29 is 9.84 Å². The predicted molar refractivity (Wildman–Crippen MR) is 74.1 cm³/mol. The zero-order valence-electron chi connectivity index (χ0n) is 11.0. The number of aromatic hydroxyl groups is 1. The monoisotopic (exact) mass is 258 g/mol. The van der Waals surface area contributed by atoms with Crippen molar-refractivity contribution in [3.05, 3.63) is 53.9 Å². The van der Waals surface area contributed by atoms with E-state index in [1.54, 1.807) is 18.5 Å². The second kappa shape index (κ2) is 6.75. The predicted octanol–water partition coefficient (Wildman–Crippen LogP) is 2.48. The van der Waals surface area contributed by atoms with Gasteiger partial charge in [0.2, 0.25) is 0 Å². The van der Waals surface area contributed by atoms with Gasteiger partial charge in [-0.25, -0.2) is 0 Å². The Labute approximate surface area is 113 Å². The summed E-state index contributed by atoms with van der Waals surface area (Å²) in [7, 11) is 0. The molecule has 0 amide bonds. The van der Waals surface area contributed by atoms with Crippen LogP contribution in [-0.2, 0) is 13.1 Å². The van der Waals surface area contributed by atoms with Crippen LogP contribution in [0.5, 0.6) is 11.5 Å². The maximum atomic E-state index is 9.62. The highest BCUT2D eigenvalue weighted by Crippen LogP contribution is 2.26. The number of rotatable bonds is 6. The van der Waals surface area contributed by atoms with Gasteiger partial charge in [-0.3, -0.25) is 4.98 Å². The standard InChI is InChI=1S/C15H18N2O2/c1-2-19-15-9-13(3-4-14(15)18)11-17-10-12-5-7-16-8-6-12/h3-9,17-18H,2,10-11H2,1H3. The second-order valence-electron chi connectivity index (χ2n) is 4.19. The lowest BCUT2D eigenvalue weighted by Crippen LogP contribution is -2.12. The quantitative estimate of drug-likeness (QED) is 0.835. The second-order valence-corrected chi connectivity index (χ2v) is 4.19. The Bertz CT molecular complexity index is 515.